The molecule has 3 nitrogen and oxygen atoms in total. The summed E-state index contributed by atoms with van der Waals surface area (Å²) in [6.07, 6.45) is -1.47. The Bertz CT molecular complexity index is 287. The van der Waals surface area contributed by atoms with Crippen molar-refractivity contribution in [2.45, 2.75) is 13.0 Å². The van der Waals surface area contributed by atoms with Crippen LogP contribution in [-0.2, 0) is 11.3 Å². The first-order valence-electron chi connectivity index (χ1n) is 3.09. The predicted octanol–water partition coefficient (Wildman–Crippen LogP) is 1.48. The number of hydrogen-bond acceptors (Lipinski definition) is 2. The SMILES string of the molecule is O=C(Cn1ccc(Br)n1)C(F)F. The summed E-state index contributed by atoms with van der Waals surface area (Å²) in [7, 11) is 0. The lowest BCUT2D eigenvalue weighted by Gasteiger charge is -1.98. The Hall–Kier alpha value is -0.780. The molecule has 0 N–H and O–H groups in total. The zero-order valence-electron chi connectivity index (χ0n) is 5.88. The largest absolute Gasteiger partial charge is 0.297 e. The third-order valence-corrected chi connectivity index (χ3v) is 1.59. The van der Waals surface area contributed by atoms with Crippen molar-refractivity contribution >= 4 is 21.7 Å². The highest BCUT2D eigenvalue weighted by Gasteiger charge is 2.15. The fourth-order valence-electron chi connectivity index (χ4n) is 0.654. The van der Waals surface area contributed by atoms with E-state index >= 15 is 0 Å². The van der Waals surface area contributed by atoms with Crippen LogP contribution in [0.15, 0.2) is 16.9 Å². The molecule has 6 heteroatoms. The summed E-state index contributed by atoms with van der Waals surface area (Å²) in [6, 6.07) is 1.57. The van der Waals surface area contributed by atoms with Crippen molar-refractivity contribution in [3.05, 3.63) is 16.9 Å². The molecule has 0 amide bonds. The summed E-state index contributed by atoms with van der Waals surface area (Å²) in [4.78, 5) is 10.5. The Kier molecular flexibility index (Phi) is 2.91. The second kappa shape index (κ2) is 3.75. The summed E-state index contributed by atoms with van der Waals surface area (Å²) in [5.41, 5.74) is 0. The summed E-state index contributed by atoms with van der Waals surface area (Å²) in [6.45, 7) is -0.386. The normalized spacial score (nSPS) is 10.7. The highest BCUT2D eigenvalue weighted by molar-refractivity contribution is 9.10. The van der Waals surface area contributed by atoms with Crippen molar-refractivity contribution in [1.29, 1.82) is 0 Å². The first-order chi connectivity index (χ1) is 5.59. The highest BCUT2D eigenvalue weighted by Crippen LogP contribution is 2.04. The monoisotopic (exact) mass is 238 g/mol. The van der Waals surface area contributed by atoms with E-state index in [4.69, 9.17) is 0 Å². The van der Waals surface area contributed by atoms with Crippen molar-refractivity contribution < 1.29 is 13.6 Å². The van der Waals surface area contributed by atoms with Crippen molar-refractivity contribution in [1.82, 2.24) is 9.78 Å². The smallest absolute Gasteiger partial charge is 0.291 e. The van der Waals surface area contributed by atoms with Gasteiger partial charge in [0, 0.05) is 6.20 Å². The molecule has 1 aromatic heterocycles. The van der Waals surface area contributed by atoms with E-state index in [2.05, 4.69) is 21.0 Å². The van der Waals surface area contributed by atoms with Gasteiger partial charge in [-0.1, -0.05) is 0 Å². The van der Waals surface area contributed by atoms with Crippen molar-refractivity contribution in [3.63, 3.8) is 0 Å². The third kappa shape index (κ3) is 2.37. The van der Waals surface area contributed by atoms with Crippen LogP contribution in [0.3, 0.4) is 0 Å². The van der Waals surface area contributed by atoms with E-state index in [1.54, 1.807) is 6.07 Å². The maximum absolute atomic E-state index is 11.7. The molecule has 66 valence electrons. The quantitative estimate of drug-likeness (QED) is 0.800. The maximum Gasteiger partial charge on any atom is 0.297 e. The van der Waals surface area contributed by atoms with Crippen LogP contribution in [0, 0.1) is 0 Å². The molecule has 0 saturated carbocycles. The van der Waals surface area contributed by atoms with Gasteiger partial charge < -0.3 is 0 Å². The maximum atomic E-state index is 11.7. The fourth-order valence-corrected chi connectivity index (χ4v) is 0.976. The summed E-state index contributed by atoms with van der Waals surface area (Å²) in [5.74, 6) is -1.13. The molecular weight excluding hydrogens is 234 g/mol. The Morgan fingerprint density at radius 1 is 1.75 bits per heavy atom. The van der Waals surface area contributed by atoms with Gasteiger partial charge in [0.2, 0.25) is 5.78 Å². The van der Waals surface area contributed by atoms with E-state index in [1.807, 2.05) is 0 Å². The number of carbonyl (C=O) groups excluding carboxylic acids is 1. The number of rotatable bonds is 3. The Balaban J connectivity index is 2.58. The van der Waals surface area contributed by atoms with E-state index in [0.29, 0.717) is 4.60 Å². The Labute approximate surface area is 75.5 Å². The van der Waals surface area contributed by atoms with Gasteiger partial charge in [0.15, 0.2) is 0 Å². The van der Waals surface area contributed by atoms with Gasteiger partial charge >= 0.3 is 0 Å². The van der Waals surface area contributed by atoms with E-state index in [-0.39, 0.29) is 6.54 Å². The average molecular weight is 239 g/mol. The summed E-state index contributed by atoms with van der Waals surface area (Å²) in [5, 5.41) is 3.71. The molecule has 1 rings (SSSR count). The number of carbonyl (C=O) groups is 1. The zero-order valence-corrected chi connectivity index (χ0v) is 7.46. The second-order valence-corrected chi connectivity index (χ2v) is 2.92. The number of aromatic nitrogens is 2. The van der Waals surface area contributed by atoms with Crippen molar-refractivity contribution in [2.75, 3.05) is 0 Å². The molecule has 1 aromatic rings. The first kappa shape index (κ1) is 9.31. The minimum Gasteiger partial charge on any atom is -0.291 e. The highest BCUT2D eigenvalue weighted by atomic mass is 79.9. The molecule has 0 fully saturated rings. The van der Waals surface area contributed by atoms with Gasteiger partial charge in [-0.3, -0.25) is 9.48 Å². The van der Waals surface area contributed by atoms with Crippen molar-refractivity contribution in [3.8, 4) is 0 Å². The molecule has 0 aromatic carbocycles. The molecule has 0 saturated heterocycles. The molecule has 0 atom stereocenters. The van der Waals surface area contributed by atoms with Crippen LogP contribution >= 0.6 is 15.9 Å². The lowest BCUT2D eigenvalue weighted by molar-refractivity contribution is -0.130. The molecule has 0 unspecified atom stereocenters. The lowest BCUT2D eigenvalue weighted by atomic mass is 10.4. The molecule has 12 heavy (non-hydrogen) atoms. The third-order valence-electron chi connectivity index (χ3n) is 1.17. The van der Waals surface area contributed by atoms with Crippen LogP contribution in [0.2, 0.25) is 0 Å². The van der Waals surface area contributed by atoms with Crippen LogP contribution in [0.1, 0.15) is 0 Å². The minimum atomic E-state index is -2.92. The van der Waals surface area contributed by atoms with Gasteiger partial charge in [-0.25, -0.2) is 8.78 Å². The average Bonchev–Trinajstić information content (AvgIpc) is 2.35. The lowest BCUT2D eigenvalue weighted by Crippen LogP contribution is -2.17. The van der Waals surface area contributed by atoms with Gasteiger partial charge in [-0.05, 0) is 22.0 Å². The number of nitrogens with zero attached hydrogens (tertiary/aromatic N) is 2. The van der Waals surface area contributed by atoms with E-state index < -0.39 is 12.2 Å². The molecule has 0 spiro atoms. The van der Waals surface area contributed by atoms with Crippen LogP contribution in [-0.4, -0.2) is 22.0 Å². The van der Waals surface area contributed by atoms with Crippen molar-refractivity contribution in [2.24, 2.45) is 0 Å². The Morgan fingerprint density at radius 3 is 2.83 bits per heavy atom. The molecule has 1 heterocycles. The number of alkyl halides is 2. The van der Waals surface area contributed by atoms with Gasteiger partial charge in [0.1, 0.15) is 11.1 Å². The van der Waals surface area contributed by atoms with E-state index in [0.717, 1.165) is 4.68 Å². The molecule has 0 aliphatic heterocycles. The molecular formula is C6H5BrF2N2O. The fraction of sp³-hybridized carbons (Fsp3) is 0.333. The van der Waals surface area contributed by atoms with E-state index in [1.165, 1.54) is 6.20 Å². The topological polar surface area (TPSA) is 34.9 Å². The van der Waals surface area contributed by atoms with Gasteiger partial charge in [-0.15, -0.1) is 0 Å². The first-order valence-corrected chi connectivity index (χ1v) is 3.88. The molecule has 0 aliphatic carbocycles. The van der Waals surface area contributed by atoms with Crippen LogP contribution in [0.5, 0.6) is 0 Å². The van der Waals surface area contributed by atoms with Crippen LogP contribution < -0.4 is 0 Å². The van der Waals surface area contributed by atoms with E-state index in [9.17, 15) is 13.6 Å². The zero-order chi connectivity index (χ0) is 9.14. The van der Waals surface area contributed by atoms with Gasteiger partial charge in [0.25, 0.3) is 6.43 Å². The van der Waals surface area contributed by atoms with Crippen LogP contribution in [0.25, 0.3) is 0 Å². The summed E-state index contributed by atoms with van der Waals surface area (Å²) < 4.78 is 25.1. The number of halogens is 3. The summed E-state index contributed by atoms with van der Waals surface area (Å²) >= 11 is 3.03. The number of ketones is 1. The Morgan fingerprint density at radius 2 is 2.42 bits per heavy atom. The second-order valence-electron chi connectivity index (χ2n) is 2.10. The number of hydrogen-bond donors (Lipinski definition) is 0. The van der Waals surface area contributed by atoms with Gasteiger partial charge in [0.05, 0.1) is 0 Å². The molecule has 0 bridgehead atoms. The molecule has 0 aliphatic rings. The predicted molar refractivity (Wildman–Crippen MR) is 40.9 cm³/mol. The van der Waals surface area contributed by atoms with Crippen LogP contribution in [0.4, 0.5) is 8.78 Å². The van der Waals surface area contributed by atoms with Gasteiger partial charge in [-0.2, -0.15) is 5.10 Å². The number of Topliss-reactive ketones (excluding diaryl/α,β-unsaturated/α-hetero) is 1. The standard InChI is InChI=1S/C6H5BrF2N2O/c7-5-1-2-11(10-5)3-4(12)6(8)9/h1-2,6H,3H2. The minimum absolute atomic E-state index is 0.386. The molecule has 0 radical (unpaired) electrons.